The summed E-state index contributed by atoms with van der Waals surface area (Å²) in [6.07, 6.45) is 4.76. The first-order chi connectivity index (χ1) is 11.0. The van der Waals surface area contributed by atoms with Gasteiger partial charge in [-0.15, -0.1) is 0 Å². The monoisotopic (exact) mass is 340 g/mol. The Morgan fingerprint density at radius 2 is 2.26 bits per heavy atom. The molecule has 23 heavy (non-hydrogen) atoms. The van der Waals surface area contributed by atoms with Crippen molar-refractivity contribution in [3.05, 3.63) is 22.8 Å². The molecule has 7 heteroatoms. The molecule has 1 amide bonds. The van der Waals surface area contributed by atoms with Crippen LogP contribution in [0.3, 0.4) is 0 Å². The van der Waals surface area contributed by atoms with Gasteiger partial charge < -0.3 is 14.7 Å². The third kappa shape index (κ3) is 4.58. The molecule has 2 heterocycles. The van der Waals surface area contributed by atoms with E-state index in [0.29, 0.717) is 36.0 Å². The summed E-state index contributed by atoms with van der Waals surface area (Å²) in [5, 5.41) is 9.16. The van der Waals surface area contributed by atoms with Crippen LogP contribution < -0.4 is 4.74 Å². The minimum absolute atomic E-state index is 0.0438. The maximum atomic E-state index is 12.7. The van der Waals surface area contributed by atoms with Crippen molar-refractivity contribution >= 4 is 23.5 Å². The van der Waals surface area contributed by atoms with Crippen molar-refractivity contribution in [2.75, 3.05) is 13.2 Å². The molecule has 1 aromatic heterocycles. The van der Waals surface area contributed by atoms with E-state index >= 15 is 0 Å². The molecule has 1 unspecified atom stereocenters. The van der Waals surface area contributed by atoms with Gasteiger partial charge >= 0.3 is 5.97 Å². The fourth-order valence-electron chi connectivity index (χ4n) is 2.81. The highest BCUT2D eigenvalue weighted by Gasteiger charge is 2.28. The van der Waals surface area contributed by atoms with E-state index < -0.39 is 5.97 Å². The van der Waals surface area contributed by atoms with Crippen LogP contribution in [0.4, 0.5) is 0 Å². The normalized spacial score (nSPS) is 17.8. The second-order valence-corrected chi connectivity index (χ2v) is 5.93. The minimum Gasteiger partial charge on any atom is -0.481 e. The van der Waals surface area contributed by atoms with Gasteiger partial charge in [-0.3, -0.25) is 9.59 Å². The highest BCUT2D eigenvalue weighted by atomic mass is 35.5. The Morgan fingerprint density at radius 1 is 1.48 bits per heavy atom. The number of carbonyl (C=O) groups is 2. The van der Waals surface area contributed by atoms with Crippen LogP contribution in [0, 0.1) is 0 Å². The first kappa shape index (κ1) is 17.5. The lowest BCUT2D eigenvalue weighted by molar-refractivity contribution is -0.137. The smallest absolute Gasteiger partial charge is 0.303 e. The van der Waals surface area contributed by atoms with Crippen LogP contribution in [0.2, 0.25) is 5.02 Å². The van der Waals surface area contributed by atoms with Crippen molar-refractivity contribution in [3.8, 4) is 5.88 Å². The molecule has 0 spiro atoms. The average Bonchev–Trinajstić information content (AvgIpc) is 2.54. The number of aromatic nitrogens is 1. The van der Waals surface area contributed by atoms with E-state index in [1.54, 1.807) is 11.0 Å². The molecular formula is C16H21ClN2O4. The van der Waals surface area contributed by atoms with E-state index in [9.17, 15) is 9.59 Å². The number of amides is 1. The molecule has 0 aliphatic carbocycles. The minimum atomic E-state index is -0.839. The van der Waals surface area contributed by atoms with Gasteiger partial charge in [-0.05, 0) is 38.7 Å². The van der Waals surface area contributed by atoms with Crippen molar-refractivity contribution in [1.29, 1.82) is 0 Å². The van der Waals surface area contributed by atoms with Crippen LogP contribution in [0.25, 0.3) is 0 Å². The molecule has 1 aromatic rings. The maximum Gasteiger partial charge on any atom is 0.303 e. The lowest BCUT2D eigenvalue weighted by Crippen LogP contribution is -2.44. The van der Waals surface area contributed by atoms with E-state index in [2.05, 4.69) is 4.98 Å². The SMILES string of the molecule is CCOc1ncc(C(=O)N2CCCCC2CCC(=O)O)cc1Cl. The van der Waals surface area contributed by atoms with Gasteiger partial charge in [0.1, 0.15) is 5.02 Å². The number of rotatable bonds is 6. The molecule has 2 rings (SSSR count). The summed E-state index contributed by atoms with van der Waals surface area (Å²) in [4.78, 5) is 29.3. The molecule has 1 aliphatic rings. The topological polar surface area (TPSA) is 79.7 Å². The maximum absolute atomic E-state index is 12.7. The zero-order valence-corrected chi connectivity index (χ0v) is 13.9. The Kier molecular flexibility index (Phi) is 6.21. The van der Waals surface area contributed by atoms with Crippen LogP contribution in [-0.4, -0.2) is 46.1 Å². The first-order valence-corrected chi connectivity index (χ1v) is 8.21. The number of carbonyl (C=O) groups excluding carboxylic acids is 1. The van der Waals surface area contributed by atoms with Crippen LogP contribution in [0.5, 0.6) is 5.88 Å². The highest BCUT2D eigenvalue weighted by Crippen LogP contribution is 2.26. The second-order valence-electron chi connectivity index (χ2n) is 5.52. The van der Waals surface area contributed by atoms with Crippen LogP contribution >= 0.6 is 11.6 Å². The number of carboxylic acids is 1. The zero-order chi connectivity index (χ0) is 16.8. The molecule has 6 nitrogen and oxygen atoms in total. The third-order valence-corrected chi connectivity index (χ3v) is 4.19. The lowest BCUT2D eigenvalue weighted by atomic mass is 9.97. The largest absolute Gasteiger partial charge is 0.481 e. The van der Waals surface area contributed by atoms with Gasteiger partial charge in [0.2, 0.25) is 5.88 Å². The van der Waals surface area contributed by atoms with Gasteiger partial charge in [-0.2, -0.15) is 0 Å². The van der Waals surface area contributed by atoms with Gasteiger partial charge in [0, 0.05) is 25.2 Å². The number of ether oxygens (including phenoxy) is 1. The first-order valence-electron chi connectivity index (χ1n) is 7.84. The molecule has 1 atom stereocenters. The van der Waals surface area contributed by atoms with E-state index in [1.807, 2.05) is 6.92 Å². The second kappa shape index (κ2) is 8.15. The average molecular weight is 341 g/mol. The van der Waals surface area contributed by atoms with Crippen molar-refractivity contribution in [1.82, 2.24) is 9.88 Å². The fourth-order valence-corrected chi connectivity index (χ4v) is 3.03. The number of pyridine rings is 1. The molecule has 0 aromatic carbocycles. The number of aliphatic carboxylic acids is 1. The third-order valence-electron chi connectivity index (χ3n) is 3.91. The lowest BCUT2D eigenvalue weighted by Gasteiger charge is -2.35. The molecule has 0 bridgehead atoms. The Bertz CT molecular complexity index is 579. The van der Waals surface area contributed by atoms with E-state index in [4.69, 9.17) is 21.4 Å². The summed E-state index contributed by atoms with van der Waals surface area (Å²) in [5.74, 6) is -0.682. The van der Waals surface area contributed by atoms with Gasteiger partial charge in [0.15, 0.2) is 0 Å². The summed E-state index contributed by atoms with van der Waals surface area (Å²) in [6, 6.07) is 1.52. The summed E-state index contributed by atoms with van der Waals surface area (Å²) in [5.41, 5.74) is 0.403. The number of hydrogen-bond acceptors (Lipinski definition) is 4. The molecular weight excluding hydrogens is 320 g/mol. The van der Waals surface area contributed by atoms with Gasteiger partial charge in [-0.25, -0.2) is 4.98 Å². The Hall–Kier alpha value is -1.82. The number of likely N-dealkylation sites (tertiary alicyclic amines) is 1. The zero-order valence-electron chi connectivity index (χ0n) is 13.1. The molecule has 1 fully saturated rings. The number of hydrogen-bond donors (Lipinski definition) is 1. The van der Waals surface area contributed by atoms with E-state index in [-0.39, 0.29) is 18.4 Å². The standard InChI is InChI=1S/C16H21ClN2O4/c1-2-23-15-13(17)9-11(10-18-15)16(22)19-8-4-3-5-12(19)6-7-14(20)21/h9-10,12H,2-8H2,1H3,(H,20,21). The summed E-state index contributed by atoms with van der Waals surface area (Å²) in [6.45, 7) is 2.91. The summed E-state index contributed by atoms with van der Waals surface area (Å²) in [7, 11) is 0. The number of halogens is 1. The van der Waals surface area contributed by atoms with Gasteiger partial charge in [-0.1, -0.05) is 11.6 Å². The van der Waals surface area contributed by atoms with E-state index in [1.165, 1.54) is 6.20 Å². The van der Waals surface area contributed by atoms with Crippen molar-refractivity contribution in [2.45, 2.75) is 45.1 Å². The number of carboxylic acid groups (broad SMARTS) is 1. The Balaban J connectivity index is 2.13. The van der Waals surface area contributed by atoms with E-state index in [0.717, 1.165) is 19.3 Å². The quantitative estimate of drug-likeness (QED) is 0.861. The van der Waals surface area contributed by atoms with Crippen molar-refractivity contribution < 1.29 is 19.4 Å². The molecule has 0 radical (unpaired) electrons. The predicted molar refractivity (Wildman–Crippen MR) is 86.0 cm³/mol. The number of piperidine rings is 1. The van der Waals surface area contributed by atoms with Gasteiger partial charge in [0.25, 0.3) is 5.91 Å². The summed E-state index contributed by atoms with van der Waals surface area (Å²) < 4.78 is 5.27. The van der Waals surface area contributed by atoms with Crippen molar-refractivity contribution in [3.63, 3.8) is 0 Å². The van der Waals surface area contributed by atoms with Crippen LogP contribution in [0.1, 0.15) is 49.4 Å². The fraction of sp³-hybridized carbons (Fsp3) is 0.562. The predicted octanol–water partition coefficient (Wildman–Crippen LogP) is 2.99. The summed E-state index contributed by atoms with van der Waals surface area (Å²) >= 11 is 6.09. The van der Waals surface area contributed by atoms with Crippen LogP contribution in [0.15, 0.2) is 12.3 Å². The number of nitrogens with zero attached hydrogens (tertiary/aromatic N) is 2. The van der Waals surface area contributed by atoms with Crippen molar-refractivity contribution in [2.24, 2.45) is 0 Å². The molecule has 1 N–H and O–H groups in total. The Morgan fingerprint density at radius 3 is 2.91 bits per heavy atom. The Labute approximate surface area is 140 Å². The van der Waals surface area contributed by atoms with Crippen LogP contribution in [-0.2, 0) is 4.79 Å². The molecule has 1 saturated heterocycles. The molecule has 1 aliphatic heterocycles. The van der Waals surface area contributed by atoms with Gasteiger partial charge in [0.05, 0.1) is 12.2 Å². The molecule has 126 valence electrons. The molecule has 0 saturated carbocycles. The highest BCUT2D eigenvalue weighted by molar-refractivity contribution is 6.32.